The summed E-state index contributed by atoms with van der Waals surface area (Å²) in [6, 6.07) is 15.6. The van der Waals surface area contributed by atoms with E-state index >= 15 is 0 Å². The summed E-state index contributed by atoms with van der Waals surface area (Å²) in [5.74, 6) is 1.56. The summed E-state index contributed by atoms with van der Waals surface area (Å²) in [5.41, 5.74) is 7.89. The molecular formula is C17H15BrN2O. The molecule has 0 saturated heterocycles. The first-order chi connectivity index (χ1) is 10.1. The molecule has 0 aliphatic rings. The van der Waals surface area contributed by atoms with E-state index in [2.05, 4.69) is 20.9 Å². The molecule has 0 fully saturated rings. The lowest BCUT2D eigenvalue weighted by molar-refractivity contribution is 0.487. The van der Waals surface area contributed by atoms with Crippen molar-refractivity contribution in [3.05, 3.63) is 64.8 Å². The van der Waals surface area contributed by atoms with Crippen LogP contribution in [0, 0.1) is 0 Å². The summed E-state index contributed by atoms with van der Waals surface area (Å²) in [4.78, 5) is 4.33. The van der Waals surface area contributed by atoms with Crippen LogP contribution in [0.5, 0.6) is 11.5 Å². The first kappa shape index (κ1) is 14.0. The molecule has 0 unspecified atom stereocenters. The van der Waals surface area contributed by atoms with Crippen LogP contribution in [-0.2, 0) is 0 Å². The van der Waals surface area contributed by atoms with Crippen LogP contribution in [0.1, 0.15) is 18.5 Å². The Morgan fingerprint density at radius 1 is 1.14 bits per heavy atom. The molecule has 0 saturated carbocycles. The Hall–Kier alpha value is -1.91. The van der Waals surface area contributed by atoms with Crippen molar-refractivity contribution in [2.45, 2.75) is 13.0 Å². The smallest absolute Gasteiger partial charge is 0.136 e. The Bertz CT molecular complexity index is 781. The lowest BCUT2D eigenvalue weighted by Crippen LogP contribution is -2.05. The molecule has 0 spiro atoms. The number of rotatable bonds is 3. The average Bonchev–Trinajstić information content (AvgIpc) is 2.47. The van der Waals surface area contributed by atoms with Crippen molar-refractivity contribution in [3.63, 3.8) is 0 Å². The quantitative estimate of drug-likeness (QED) is 0.742. The maximum Gasteiger partial charge on any atom is 0.136 e. The van der Waals surface area contributed by atoms with Crippen molar-refractivity contribution >= 4 is 26.8 Å². The van der Waals surface area contributed by atoms with Gasteiger partial charge in [0.15, 0.2) is 0 Å². The highest BCUT2D eigenvalue weighted by Gasteiger charge is 2.08. The molecule has 3 rings (SSSR count). The second-order valence-corrected chi connectivity index (χ2v) is 5.75. The van der Waals surface area contributed by atoms with Crippen LogP contribution >= 0.6 is 15.9 Å². The SMILES string of the molecule is C[C@H](N)c1ccc(Oc2cccc3ncccc23)cc1Br. The number of nitrogens with two attached hydrogens (primary N) is 1. The van der Waals surface area contributed by atoms with Gasteiger partial charge in [-0.25, -0.2) is 0 Å². The third-order valence-corrected chi connectivity index (χ3v) is 3.98. The summed E-state index contributed by atoms with van der Waals surface area (Å²) in [6.45, 7) is 1.96. The molecule has 0 bridgehead atoms. The van der Waals surface area contributed by atoms with Gasteiger partial charge in [0.05, 0.1) is 5.52 Å². The van der Waals surface area contributed by atoms with Gasteiger partial charge in [0, 0.05) is 22.1 Å². The lowest BCUT2D eigenvalue weighted by atomic mass is 10.1. The molecule has 0 aliphatic heterocycles. The minimum Gasteiger partial charge on any atom is -0.457 e. The largest absolute Gasteiger partial charge is 0.457 e. The van der Waals surface area contributed by atoms with Crippen molar-refractivity contribution in [2.75, 3.05) is 0 Å². The van der Waals surface area contributed by atoms with Crippen LogP contribution in [0.3, 0.4) is 0 Å². The van der Waals surface area contributed by atoms with Crippen LogP contribution in [0.15, 0.2) is 59.2 Å². The van der Waals surface area contributed by atoms with Crippen LogP contribution in [-0.4, -0.2) is 4.98 Å². The molecule has 106 valence electrons. The van der Waals surface area contributed by atoms with E-state index in [1.165, 1.54) is 0 Å². The third-order valence-electron chi connectivity index (χ3n) is 3.30. The Morgan fingerprint density at radius 2 is 2.00 bits per heavy atom. The molecule has 2 N–H and O–H groups in total. The minimum atomic E-state index is -0.0184. The highest BCUT2D eigenvalue weighted by atomic mass is 79.9. The summed E-state index contributed by atoms with van der Waals surface area (Å²) in [7, 11) is 0. The highest BCUT2D eigenvalue weighted by Crippen LogP contribution is 2.32. The molecule has 0 aliphatic carbocycles. The fraction of sp³-hybridized carbons (Fsp3) is 0.118. The van der Waals surface area contributed by atoms with Gasteiger partial charge in [-0.05, 0) is 48.9 Å². The van der Waals surface area contributed by atoms with Gasteiger partial charge in [0.25, 0.3) is 0 Å². The number of hydrogen-bond acceptors (Lipinski definition) is 3. The maximum absolute atomic E-state index is 6.00. The standard InChI is InChI=1S/C17H15BrN2O/c1-11(19)13-8-7-12(10-15(13)18)21-17-6-2-5-16-14(17)4-3-9-20-16/h2-11H,19H2,1H3/t11-/m0/s1. The molecule has 0 radical (unpaired) electrons. The monoisotopic (exact) mass is 342 g/mol. The van der Waals surface area contributed by atoms with E-state index in [1.807, 2.05) is 55.5 Å². The number of aromatic nitrogens is 1. The maximum atomic E-state index is 6.00. The van der Waals surface area contributed by atoms with E-state index in [-0.39, 0.29) is 6.04 Å². The van der Waals surface area contributed by atoms with E-state index in [9.17, 15) is 0 Å². The van der Waals surface area contributed by atoms with Crippen molar-refractivity contribution in [2.24, 2.45) is 5.73 Å². The summed E-state index contributed by atoms with van der Waals surface area (Å²) < 4.78 is 6.95. The second kappa shape index (κ2) is 5.84. The van der Waals surface area contributed by atoms with Gasteiger partial charge >= 0.3 is 0 Å². The van der Waals surface area contributed by atoms with Crippen LogP contribution in [0.2, 0.25) is 0 Å². The summed E-state index contributed by atoms with van der Waals surface area (Å²) in [6.07, 6.45) is 1.78. The molecule has 2 aromatic carbocycles. The molecule has 3 nitrogen and oxygen atoms in total. The van der Waals surface area contributed by atoms with Gasteiger partial charge in [0.1, 0.15) is 11.5 Å². The molecule has 3 aromatic rings. The summed E-state index contributed by atoms with van der Waals surface area (Å²) >= 11 is 3.54. The topological polar surface area (TPSA) is 48.1 Å². The number of benzene rings is 2. The fourth-order valence-electron chi connectivity index (χ4n) is 2.23. The minimum absolute atomic E-state index is 0.0184. The van der Waals surface area contributed by atoms with E-state index in [4.69, 9.17) is 10.5 Å². The zero-order chi connectivity index (χ0) is 14.8. The molecule has 4 heteroatoms. The zero-order valence-corrected chi connectivity index (χ0v) is 13.2. The summed E-state index contributed by atoms with van der Waals surface area (Å²) in [5, 5.41) is 0.993. The molecule has 1 aromatic heterocycles. The molecule has 1 atom stereocenters. The Labute approximate surface area is 131 Å². The van der Waals surface area contributed by atoms with Crippen LogP contribution in [0.25, 0.3) is 10.9 Å². The number of ether oxygens (including phenoxy) is 1. The number of pyridine rings is 1. The fourth-order valence-corrected chi connectivity index (χ4v) is 2.95. The second-order valence-electron chi connectivity index (χ2n) is 4.90. The van der Waals surface area contributed by atoms with Gasteiger partial charge in [-0.2, -0.15) is 0 Å². The third kappa shape index (κ3) is 2.91. The highest BCUT2D eigenvalue weighted by molar-refractivity contribution is 9.10. The normalized spacial score (nSPS) is 12.3. The van der Waals surface area contributed by atoms with Crippen molar-refractivity contribution < 1.29 is 4.74 Å². The molecule has 0 amide bonds. The predicted molar refractivity (Wildman–Crippen MR) is 88.6 cm³/mol. The van der Waals surface area contributed by atoms with E-state index in [1.54, 1.807) is 6.20 Å². The lowest BCUT2D eigenvalue weighted by Gasteiger charge is -2.12. The Balaban J connectivity index is 1.97. The zero-order valence-electron chi connectivity index (χ0n) is 11.6. The van der Waals surface area contributed by atoms with Gasteiger partial charge in [-0.1, -0.05) is 28.1 Å². The van der Waals surface area contributed by atoms with E-state index in [0.717, 1.165) is 32.4 Å². The van der Waals surface area contributed by atoms with E-state index < -0.39 is 0 Å². The van der Waals surface area contributed by atoms with Crippen LogP contribution < -0.4 is 10.5 Å². The van der Waals surface area contributed by atoms with Gasteiger partial charge in [-0.15, -0.1) is 0 Å². The van der Waals surface area contributed by atoms with Gasteiger partial charge in [0.2, 0.25) is 0 Å². The molecular weight excluding hydrogens is 328 g/mol. The number of hydrogen-bond donors (Lipinski definition) is 1. The average molecular weight is 343 g/mol. The first-order valence-corrected chi connectivity index (χ1v) is 7.51. The molecule has 1 heterocycles. The Morgan fingerprint density at radius 3 is 2.76 bits per heavy atom. The van der Waals surface area contributed by atoms with Gasteiger partial charge < -0.3 is 10.5 Å². The first-order valence-electron chi connectivity index (χ1n) is 6.72. The predicted octanol–water partition coefficient (Wildman–Crippen LogP) is 4.81. The molecule has 21 heavy (non-hydrogen) atoms. The number of nitrogens with zero attached hydrogens (tertiary/aromatic N) is 1. The van der Waals surface area contributed by atoms with Gasteiger partial charge in [-0.3, -0.25) is 4.98 Å². The number of fused-ring (bicyclic) bond motifs is 1. The number of halogens is 1. The van der Waals surface area contributed by atoms with E-state index in [0.29, 0.717) is 0 Å². The van der Waals surface area contributed by atoms with Crippen molar-refractivity contribution in [1.29, 1.82) is 0 Å². The van der Waals surface area contributed by atoms with Crippen molar-refractivity contribution in [1.82, 2.24) is 4.98 Å². The van der Waals surface area contributed by atoms with Crippen molar-refractivity contribution in [3.8, 4) is 11.5 Å². The Kier molecular flexibility index (Phi) is 3.90. The van der Waals surface area contributed by atoms with Crippen LogP contribution in [0.4, 0.5) is 0 Å².